The second-order valence-corrected chi connectivity index (χ2v) is 7.37. The van der Waals surface area contributed by atoms with Crippen LogP contribution in [0.5, 0.6) is 5.75 Å². The molecule has 29 heavy (non-hydrogen) atoms. The molecule has 1 aromatic rings. The highest BCUT2D eigenvalue weighted by Gasteiger charge is 2.26. The van der Waals surface area contributed by atoms with Crippen molar-refractivity contribution < 1.29 is 18.3 Å². The number of ether oxygens (including phenoxy) is 1. The van der Waals surface area contributed by atoms with Gasteiger partial charge in [-0.25, -0.2) is 0 Å². The van der Waals surface area contributed by atoms with Crippen LogP contribution >= 0.6 is 0 Å². The Kier molecular flexibility index (Phi) is 7.48. The van der Waals surface area contributed by atoms with Gasteiger partial charge in [0, 0.05) is 45.2 Å². The SMILES string of the molecule is CN=C(NCCCC(=O)NC1CC1)NC1CCN(c2ccccc2OC(F)F)C1. The number of carbonyl (C=O) groups excluding carboxylic acids is 1. The first-order chi connectivity index (χ1) is 14.0. The molecular weight excluding hydrogens is 380 g/mol. The van der Waals surface area contributed by atoms with Gasteiger partial charge in [-0.3, -0.25) is 9.79 Å². The minimum atomic E-state index is -2.85. The zero-order chi connectivity index (χ0) is 20.6. The summed E-state index contributed by atoms with van der Waals surface area (Å²) in [6, 6.07) is 7.38. The van der Waals surface area contributed by atoms with Crippen LogP contribution in [-0.2, 0) is 4.79 Å². The molecule has 1 unspecified atom stereocenters. The molecule has 7 nitrogen and oxygen atoms in total. The summed E-state index contributed by atoms with van der Waals surface area (Å²) in [5.74, 6) is 0.972. The molecule has 1 aliphatic carbocycles. The molecule has 0 aromatic heterocycles. The molecule has 1 heterocycles. The average Bonchev–Trinajstić information content (AvgIpc) is 3.38. The maximum Gasteiger partial charge on any atom is 0.387 e. The zero-order valence-corrected chi connectivity index (χ0v) is 16.7. The standard InChI is InChI=1S/C20H29F2N5O2/c1-23-20(24-11-4-7-18(28)25-14-8-9-14)26-15-10-12-27(13-15)16-5-2-3-6-17(16)29-19(21)22/h2-3,5-6,14-15,19H,4,7-13H2,1H3,(H,25,28)(H2,23,24,26). The lowest BCUT2D eigenvalue weighted by Crippen LogP contribution is -2.45. The van der Waals surface area contributed by atoms with E-state index in [2.05, 4.69) is 25.7 Å². The third kappa shape index (κ3) is 6.76. The Balaban J connectivity index is 1.42. The molecule has 1 saturated heterocycles. The van der Waals surface area contributed by atoms with Crippen LogP contribution in [0.4, 0.5) is 14.5 Å². The highest BCUT2D eigenvalue weighted by Crippen LogP contribution is 2.31. The third-order valence-corrected chi connectivity index (χ3v) is 4.99. The maximum absolute atomic E-state index is 12.6. The van der Waals surface area contributed by atoms with Gasteiger partial charge in [0.05, 0.1) is 5.69 Å². The summed E-state index contributed by atoms with van der Waals surface area (Å²) in [7, 11) is 1.70. The lowest BCUT2D eigenvalue weighted by Gasteiger charge is -2.22. The van der Waals surface area contributed by atoms with Crippen molar-refractivity contribution in [3.8, 4) is 5.75 Å². The highest BCUT2D eigenvalue weighted by molar-refractivity contribution is 5.80. The van der Waals surface area contributed by atoms with Gasteiger partial charge in [-0.15, -0.1) is 0 Å². The number of nitrogens with zero attached hydrogens (tertiary/aromatic N) is 2. The van der Waals surface area contributed by atoms with E-state index in [1.54, 1.807) is 25.2 Å². The monoisotopic (exact) mass is 409 g/mol. The van der Waals surface area contributed by atoms with Gasteiger partial charge < -0.3 is 25.6 Å². The van der Waals surface area contributed by atoms with E-state index in [0.29, 0.717) is 37.2 Å². The quantitative estimate of drug-likeness (QED) is 0.331. The summed E-state index contributed by atoms with van der Waals surface area (Å²) in [6.07, 6.45) is 4.27. The molecule has 1 atom stereocenters. The van der Waals surface area contributed by atoms with Gasteiger partial charge in [-0.1, -0.05) is 12.1 Å². The molecule has 0 bridgehead atoms. The zero-order valence-electron chi connectivity index (χ0n) is 16.7. The van der Waals surface area contributed by atoms with Crippen molar-refractivity contribution in [1.82, 2.24) is 16.0 Å². The second-order valence-electron chi connectivity index (χ2n) is 7.37. The number of benzene rings is 1. The van der Waals surface area contributed by atoms with Crippen LogP contribution in [0.25, 0.3) is 0 Å². The number of hydrogen-bond donors (Lipinski definition) is 3. The summed E-state index contributed by atoms with van der Waals surface area (Å²) >= 11 is 0. The Hall–Kier alpha value is -2.58. The van der Waals surface area contributed by atoms with Crippen LogP contribution < -0.4 is 25.6 Å². The maximum atomic E-state index is 12.6. The predicted molar refractivity (Wildman–Crippen MR) is 109 cm³/mol. The number of guanidine groups is 1. The van der Waals surface area contributed by atoms with Gasteiger partial charge in [0.1, 0.15) is 5.75 Å². The molecule has 3 N–H and O–H groups in total. The Morgan fingerprint density at radius 2 is 2.03 bits per heavy atom. The van der Waals surface area contributed by atoms with Crippen LogP contribution in [-0.4, -0.2) is 57.2 Å². The summed E-state index contributed by atoms with van der Waals surface area (Å²) in [4.78, 5) is 18.0. The molecule has 3 rings (SSSR count). The van der Waals surface area contributed by atoms with E-state index in [4.69, 9.17) is 0 Å². The fraction of sp³-hybridized carbons (Fsp3) is 0.600. The number of nitrogens with one attached hydrogen (secondary N) is 3. The summed E-state index contributed by atoms with van der Waals surface area (Å²) in [5.41, 5.74) is 0.668. The Morgan fingerprint density at radius 3 is 2.76 bits per heavy atom. The Labute approximate surface area is 169 Å². The van der Waals surface area contributed by atoms with E-state index >= 15 is 0 Å². The van der Waals surface area contributed by atoms with E-state index < -0.39 is 6.61 Å². The van der Waals surface area contributed by atoms with E-state index in [1.165, 1.54) is 0 Å². The average molecular weight is 409 g/mol. The molecule has 2 aliphatic rings. The highest BCUT2D eigenvalue weighted by atomic mass is 19.3. The molecule has 1 aliphatic heterocycles. The number of carbonyl (C=O) groups is 1. The van der Waals surface area contributed by atoms with Crippen LogP contribution in [0.3, 0.4) is 0 Å². The number of aliphatic imine (C=N–C) groups is 1. The number of para-hydroxylation sites is 2. The second kappa shape index (κ2) is 10.3. The largest absolute Gasteiger partial charge is 0.433 e. The molecule has 160 valence electrons. The van der Waals surface area contributed by atoms with Crippen LogP contribution in [0, 0.1) is 0 Å². The fourth-order valence-corrected chi connectivity index (χ4v) is 3.38. The van der Waals surface area contributed by atoms with E-state index in [-0.39, 0.29) is 17.7 Å². The number of alkyl halides is 2. The number of hydrogen-bond acceptors (Lipinski definition) is 4. The first-order valence-electron chi connectivity index (χ1n) is 10.1. The van der Waals surface area contributed by atoms with Crippen molar-refractivity contribution in [1.29, 1.82) is 0 Å². The van der Waals surface area contributed by atoms with Gasteiger partial charge in [-0.05, 0) is 37.8 Å². The molecule has 2 fully saturated rings. The van der Waals surface area contributed by atoms with Crippen molar-refractivity contribution in [3.63, 3.8) is 0 Å². The van der Waals surface area contributed by atoms with Gasteiger partial charge in [0.25, 0.3) is 0 Å². The fourth-order valence-electron chi connectivity index (χ4n) is 3.38. The van der Waals surface area contributed by atoms with Crippen molar-refractivity contribution in [2.45, 2.75) is 50.8 Å². The van der Waals surface area contributed by atoms with Crippen molar-refractivity contribution in [2.24, 2.45) is 4.99 Å². The summed E-state index contributed by atoms with van der Waals surface area (Å²) in [5, 5.41) is 9.57. The summed E-state index contributed by atoms with van der Waals surface area (Å²) in [6.45, 7) is -0.797. The van der Waals surface area contributed by atoms with Gasteiger partial charge in [-0.2, -0.15) is 8.78 Å². The molecule has 1 aromatic carbocycles. The van der Waals surface area contributed by atoms with E-state index in [9.17, 15) is 13.6 Å². The number of anilines is 1. The minimum Gasteiger partial charge on any atom is -0.433 e. The van der Waals surface area contributed by atoms with E-state index in [0.717, 1.165) is 32.2 Å². The Morgan fingerprint density at radius 1 is 1.24 bits per heavy atom. The molecular formula is C20H29F2N5O2. The normalized spacial score (nSPS) is 19.4. The first-order valence-corrected chi connectivity index (χ1v) is 10.1. The molecule has 9 heteroatoms. The molecule has 0 spiro atoms. The third-order valence-electron chi connectivity index (χ3n) is 4.99. The first kappa shape index (κ1) is 21.1. The number of amides is 1. The van der Waals surface area contributed by atoms with Crippen LogP contribution in [0.15, 0.2) is 29.3 Å². The topological polar surface area (TPSA) is 78.0 Å². The molecule has 1 saturated carbocycles. The van der Waals surface area contributed by atoms with Crippen LogP contribution in [0.1, 0.15) is 32.1 Å². The van der Waals surface area contributed by atoms with Crippen LogP contribution in [0.2, 0.25) is 0 Å². The molecule has 0 radical (unpaired) electrons. The van der Waals surface area contributed by atoms with Crippen molar-refractivity contribution in [3.05, 3.63) is 24.3 Å². The number of rotatable bonds is 9. The number of halogens is 2. The minimum absolute atomic E-state index is 0.105. The lowest BCUT2D eigenvalue weighted by atomic mass is 10.2. The van der Waals surface area contributed by atoms with Crippen molar-refractivity contribution >= 4 is 17.6 Å². The van der Waals surface area contributed by atoms with E-state index in [1.807, 2.05) is 11.0 Å². The Bertz CT molecular complexity index is 712. The molecule has 1 amide bonds. The van der Waals surface area contributed by atoms with Crippen molar-refractivity contribution in [2.75, 3.05) is 31.6 Å². The van der Waals surface area contributed by atoms with Gasteiger partial charge in [0.15, 0.2) is 5.96 Å². The smallest absolute Gasteiger partial charge is 0.387 e. The predicted octanol–water partition coefficient (Wildman–Crippen LogP) is 2.09. The van der Waals surface area contributed by atoms with Gasteiger partial charge >= 0.3 is 6.61 Å². The summed E-state index contributed by atoms with van der Waals surface area (Å²) < 4.78 is 29.9. The lowest BCUT2D eigenvalue weighted by molar-refractivity contribution is -0.121. The van der Waals surface area contributed by atoms with Gasteiger partial charge in [0.2, 0.25) is 5.91 Å².